The summed E-state index contributed by atoms with van der Waals surface area (Å²) in [5, 5.41) is 50.2. The molecule has 2 saturated heterocycles. The molecule has 0 aromatic heterocycles. The summed E-state index contributed by atoms with van der Waals surface area (Å²) in [7, 11) is 10.3. The Morgan fingerprint density at radius 2 is 1.07 bits per heavy atom. The van der Waals surface area contributed by atoms with Crippen molar-refractivity contribution in [1.82, 2.24) is 10.6 Å². The summed E-state index contributed by atoms with van der Waals surface area (Å²) >= 11 is 13.0. The standard InChI is InChI=1S/C19H26N2O4P2S.C12H11P.C8H6ClNO4.C8H9NO4P2.C7H4ClNO4/c1-25-18(23)13-7-6-11(9-15(13)27-26)8-12(22)4-2-3-5-16-17-14(10-28-16)20-19(24)21-17;1-3-7-11(8-4-1)13-12-9-5-2-6-10-12;1-14-8(11)6-3-2-5(10(12)13)4-7(6)9;1-13-8(10)6-3-2-5(9(11)12)4-7(6)15-14;8-6-3-4(9(12)13)1-2-5(6)7(10)11/h6-7,9,14,16-17,27H,2-5,8,10,26H2,1H3,(H2,20,21,24);1-10,13H;2-4H,1H3;2-4,15H,14H2,1H3;1-3H,(H,10,11)/t14?,16-,17?;;;;/m1..../s1. The van der Waals surface area contributed by atoms with E-state index < -0.39 is 32.7 Å². The summed E-state index contributed by atoms with van der Waals surface area (Å²) in [5.41, 5.74) is 1.43. The number of hydrogen-bond donors (Lipinski definition) is 3. The minimum Gasteiger partial charge on any atom is -0.478 e. The quantitative estimate of drug-likeness (QED) is 0.0137. The number of carbonyl (C=O) groups excluding carboxylic acids is 5. The van der Waals surface area contributed by atoms with Crippen LogP contribution in [0.1, 0.15) is 72.7 Å². The molecule has 7 atom stereocenters. The van der Waals surface area contributed by atoms with Gasteiger partial charge in [-0.3, -0.25) is 35.1 Å². The molecular formula is C54H56Cl2N5O16P5S. The van der Waals surface area contributed by atoms with Gasteiger partial charge in [0, 0.05) is 60.2 Å². The van der Waals surface area contributed by atoms with Gasteiger partial charge in [-0.25, -0.2) is 24.0 Å². The van der Waals surface area contributed by atoms with Crippen LogP contribution in [0.3, 0.4) is 0 Å². The number of rotatable bonds is 18. The van der Waals surface area contributed by atoms with E-state index in [9.17, 15) is 59.1 Å². The molecule has 0 radical (unpaired) electrons. The zero-order valence-corrected chi connectivity index (χ0v) is 52.0. The van der Waals surface area contributed by atoms with Gasteiger partial charge >= 0.3 is 29.9 Å². The normalized spacial score (nSPS) is 14.5. The van der Waals surface area contributed by atoms with Crippen molar-refractivity contribution < 1.29 is 62.9 Å². The number of aromatic carboxylic acids is 1. The van der Waals surface area contributed by atoms with E-state index in [1.165, 1.54) is 62.3 Å². The Labute approximate surface area is 500 Å². The maximum absolute atomic E-state index is 12.3. The van der Waals surface area contributed by atoms with E-state index in [4.69, 9.17) is 33.0 Å². The smallest absolute Gasteiger partial charge is 0.339 e. The Balaban J connectivity index is 0.000000233. The number of non-ortho nitro benzene ring substituents is 3. The number of nitrogens with one attached hydrogen (secondary N) is 2. The van der Waals surface area contributed by atoms with Crippen LogP contribution in [-0.2, 0) is 25.4 Å². The molecule has 8 rings (SSSR count). The number of nitro groups is 3. The molecule has 0 spiro atoms. The topological polar surface area (TPSA) is 304 Å². The molecule has 2 amide bonds. The number of benzene rings is 6. The van der Waals surface area contributed by atoms with Gasteiger partial charge in [-0.1, -0.05) is 121 Å². The number of methoxy groups -OCH3 is 3. The first kappa shape index (κ1) is 68.9. The summed E-state index contributed by atoms with van der Waals surface area (Å²) < 4.78 is 13.8. The van der Waals surface area contributed by atoms with E-state index in [-0.39, 0.29) is 76.4 Å². The number of nitrogens with zero attached hydrogens (tertiary/aromatic N) is 3. The maximum atomic E-state index is 12.3. The molecule has 2 fully saturated rings. The van der Waals surface area contributed by atoms with Crippen LogP contribution in [-0.4, -0.2) is 100.0 Å². The van der Waals surface area contributed by atoms with Gasteiger partial charge < -0.3 is 30.0 Å². The van der Waals surface area contributed by atoms with Crippen LogP contribution in [0.5, 0.6) is 0 Å². The van der Waals surface area contributed by atoms with Crippen molar-refractivity contribution in [3.05, 3.63) is 202 Å². The molecule has 0 aliphatic carbocycles. The van der Waals surface area contributed by atoms with E-state index >= 15 is 0 Å². The predicted octanol–water partition coefficient (Wildman–Crippen LogP) is 10.2. The summed E-state index contributed by atoms with van der Waals surface area (Å²) in [4.78, 5) is 97.6. The first-order valence-corrected chi connectivity index (χ1v) is 32.8. The van der Waals surface area contributed by atoms with E-state index in [2.05, 4.69) is 98.6 Å². The first-order chi connectivity index (χ1) is 39.6. The fourth-order valence-electron chi connectivity index (χ4n) is 7.68. The number of esters is 3. The molecule has 6 aromatic carbocycles. The van der Waals surface area contributed by atoms with Crippen molar-refractivity contribution >= 4 is 152 Å². The Morgan fingerprint density at radius 1 is 0.627 bits per heavy atom. The predicted molar refractivity (Wildman–Crippen MR) is 335 cm³/mol. The minimum absolute atomic E-state index is 0.00560. The van der Waals surface area contributed by atoms with Gasteiger partial charge in [-0.2, -0.15) is 11.8 Å². The van der Waals surface area contributed by atoms with Crippen molar-refractivity contribution in [2.45, 2.75) is 49.4 Å². The Bertz CT molecular complexity index is 3250. The van der Waals surface area contributed by atoms with Gasteiger partial charge in [0.15, 0.2) is 0 Å². The van der Waals surface area contributed by atoms with Crippen LogP contribution < -0.4 is 31.9 Å². The van der Waals surface area contributed by atoms with Crippen molar-refractivity contribution in [3.8, 4) is 0 Å². The van der Waals surface area contributed by atoms with Gasteiger partial charge in [-0.15, -0.1) is 17.9 Å². The number of thioether (sulfide) groups is 1. The maximum Gasteiger partial charge on any atom is 0.339 e. The lowest BCUT2D eigenvalue weighted by Gasteiger charge is -2.16. The highest BCUT2D eigenvalue weighted by Gasteiger charge is 2.42. The molecule has 83 heavy (non-hydrogen) atoms. The van der Waals surface area contributed by atoms with Crippen LogP contribution in [0.15, 0.2) is 133 Å². The van der Waals surface area contributed by atoms with Gasteiger partial charge in [0.05, 0.1) is 80.5 Å². The van der Waals surface area contributed by atoms with E-state index in [1.807, 2.05) is 23.9 Å². The number of hydrogen-bond acceptors (Lipinski definition) is 16. The number of carboxylic acids is 1. The summed E-state index contributed by atoms with van der Waals surface area (Å²) in [6.07, 6.45) is 3.84. The molecular weight excluding hydrogens is 1230 g/mol. The molecule has 0 bridgehead atoms. The first-order valence-electron chi connectivity index (χ1n) is 24.4. The lowest BCUT2D eigenvalue weighted by Crippen LogP contribution is -2.36. The second kappa shape index (κ2) is 35.5. The highest BCUT2D eigenvalue weighted by molar-refractivity contribution is 8.07. The largest absolute Gasteiger partial charge is 0.478 e. The van der Waals surface area contributed by atoms with E-state index in [1.54, 1.807) is 6.07 Å². The van der Waals surface area contributed by atoms with Gasteiger partial charge in [0.2, 0.25) is 0 Å². The Morgan fingerprint density at radius 3 is 1.53 bits per heavy atom. The zero-order valence-electron chi connectivity index (χ0n) is 44.4. The third-order valence-electron chi connectivity index (χ3n) is 11.8. The summed E-state index contributed by atoms with van der Waals surface area (Å²) in [6.45, 7) is 0. The Hall–Kier alpha value is -6.58. The number of nitro benzene ring substituents is 3. The number of halogens is 2. The fourth-order valence-corrected chi connectivity index (χ4v) is 13.4. The van der Waals surface area contributed by atoms with Gasteiger partial charge in [0.25, 0.3) is 17.1 Å². The number of ketones is 1. The number of fused-ring (bicyclic) bond motifs is 1. The van der Waals surface area contributed by atoms with Gasteiger partial charge in [0.1, 0.15) is 5.78 Å². The number of unbranched alkanes of at least 4 members (excludes halogenated alkanes) is 1. The monoisotopic (exact) mass is 1290 g/mol. The van der Waals surface area contributed by atoms with E-state index in [0.29, 0.717) is 42.8 Å². The van der Waals surface area contributed by atoms with Crippen LogP contribution in [0.25, 0.3) is 0 Å². The van der Waals surface area contributed by atoms with E-state index in [0.717, 1.165) is 68.7 Å². The highest BCUT2D eigenvalue weighted by Crippen LogP contribution is 2.33. The molecule has 2 aliphatic rings. The van der Waals surface area contributed by atoms with Crippen molar-refractivity contribution in [2.75, 3.05) is 27.1 Å². The molecule has 29 heteroatoms. The van der Waals surface area contributed by atoms with Crippen LogP contribution in [0, 0.1) is 30.3 Å². The van der Waals surface area contributed by atoms with Crippen LogP contribution in [0.2, 0.25) is 10.0 Å². The molecule has 2 heterocycles. The minimum atomic E-state index is -1.21. The third kappa shape index (κ3) is 22.2. The fraction of sp³-hybridized carbons (Fsp3) is 0.222. The SMILES string of the molecule is COC(=O)c1ccc(CC(=O)CCCC[C@H]2SCC3NC(=O)NC32)cc1PP.COC(=O)c1ccc([N+](=O)[O-])cc1Cl.COC(=O)c1ccc([N+](=O)[O-])cc1PP.O=C(O)c1ccc([N+](=O)[O-])cc1Cl.c1ccc(Pc2ccccc2)cc1. The lowest BCUT2D eigenvalue weighted by molar-refractivity contribution is -0.385. The second-order valence-electron chi connectivity index (χ2n) is 17.2. The molecule has 0 saturated carbocycles. The average molecular weight is 1290 g/mol. The molecule has 2 aliphatic heterocycles. The third-order valence-corrected chi connectivity index (χ3v) is 18.4. The number of carboxylic acid groups (broad SMARTS) is 1. The van der Waals surface area contributed by atoms with Crippen LogP contribution >= 0.6 is 77.9 Å². The lowest BCUT2D eigenvalue weighted by atomic mass is 10.00. The highest BCUT2D eigenvalue weighted by atomic mass is 35.5. The van der Waals surface area contributed by atoms with Crippen molar-refractivity contribution in [2.24, 2.45) is 0 Å². The molecule has 6 aromatic rings. The summed E-state index contributed by atoms with van der Waals surface area (Å²) in [5.74, 6) is -1.47. The molecule has 3 N–H and O–H groups in total. The van der Waals surface area contributed by atoms with Gasteiger partial charge in [-0.05, 0) is 70.0 Å². The molecule has 6 unspecified atom stereocenters. The van der Waals surface area contributed by atoms with Crippen molar-refractivity contribution in [1.29, 1.82) is 0 Å². The summed E-state index contributed by atoms with van der Waals surface area (Å²) in [6, 6.07) is 37.9. The number of Topliss-reactive ketones (excluding diaryl/α,β-unsaturated/α-hetero) is 1. The number of ether oxygens (including phenoxy) is 3. The zero-order chi connectivity index (χ0) is 61.2. The molecule has 438 valence electrons. The number of urea groups is 1. The van der Waals surface area contributed by atoms with Crippen molar-refractivity contribution in [3.63, 3.8) is 0 Å². The average Bonchev–Trinajstić information content (AvgIpc) is 4.28. The number of amides is 2. The molecule has 21 nitrogen and oxygen atoms in total. The number of carbonyl (C=O) groups is 6. The van der Waals surface area contributed by atoms with Crippen LogP contribution in [0.4, 0.5) is 21.9 Å². The second-order valence-corrected chi connectivity index (χ2v) is 24.1. The Kier molecular flexibility index (Phi) is 29.5.